The molecule has 0 bridgehead atoms. The van der Waals surface area contributed by atoms with Crippen molar-refractivity contribution in [2.75, 3.05) is 11.1 Å². The first kappa shape index (κ1) is 20.8. The minimum absolute atomic E-state index is 0.0568. The summed E-state index contributed by atoms with van der Waals surface area (Å²) in [5, 5.41) is 6.57. The molecule has 0 atom stereocenters. The maximum Gasteiger partial charge on any atom is 0.499 e. The fourth-order valence-corrected chi connectivity index (χ4v) is 2.34. The van der Waals surface area contributed by atoms with Crippen molar-refractivity contribution >= 4 is 17.7 Å². The number of benzene rings is 2. The molecule has 2 amide bonds. The van der Waals surface area contributed by atoms with Crippen molar-refractivity contribution in [3.8, 4) is 22.8 Å². The Hall–Kier alpha value is -3.90. The van der Waals surface area contributed by atoms with Gasteiger partial charge in [0.15, 0.2) is 5.82 Å². The highest BCUT2D eigenvalue weighted by Crippen LogP contribution is 2.37. The summed E-state index contributed by atoms with van der Waals surface area (Å²) in [5.41, 5.74) is 12.1. The summed E-state index contributed by atoms with van der Waals surface area (Å²) in [6, 6.07) is 9.80. The van der Waals surface area contributed by atoms with Crippen LogP contribution in [0.1, 0.15) is 0 Å². The van der Waals surface area contributed by atoms with Gasteiger partial charge in [-0.1, -0.05) is 0 Å². The summed E-state index contributed by atoms with van der Waals surface area (Å²) in [7, 11) is 0. The Labute approximate surface area is 165 Å². The number of anilines is 2. The maximum atomic E-state index is 13.0. The molecule has 2 aromatic carbocycles. The summed E-state index contributed by atoms with van der Waals surface area (Å²) in [6.07, 6.45) is -11.2. The number of nitrogen functional groups attached to an aromatic ring is 1. The van der Waals surface area contributed by atoms with Crippen molar-refractivity contribution in [1.82, 2.24) is 14.8 Å². The number of urea groups is 1. The number of alkyl halides is 5. The summed E-state index contributed by atoms with van der Waals surface area (Å²) in [5.74, 6) is -0.543. The van der Waals surface area contributed by atoms with E-state index in [0.717, 1.165) is 16.8 Å². The molecule has 0 saturated carbocycles. The first-order valence-electron chi connectivity index (χ1n) is 8.10. The third-order valence-electron chi connectivity index (χ3n) is 3.70. The highest BCUT2D eigenvalue weighted by atomic mass is 19.4. The van der Waals surface area contributed by atoms with Crippen LogP contribution in [-0.4, -0.2) is 33.1 Å². The molecule has 30 heavy (non-hydrogen) atoms. The Morgan fingerprint density at radius 2 is 1.60 bits per heavy atom. The van der Waals surface area contributed by atoms with Gasteiger partial charge < -0.3 is 21.5 Å². The Morgan fingerprint density at radius 1 is 1.00 bits per heavy atom. The molecule has 1 aromatic heterocycles. The average Bonchev–Trinajstić information content (AvgIpc) is 3.03. The summed E-state index contributed by atoms with van der Waals surface area (Å²) < 4.78 is 67.5. The van der Waals surface area contributed by atoms with Crippen molar-refractivity contribution in [3.05, 3.63) is 48.5 Å². The van der Waals surface area contributed by atoms with Crippen LogP contribution in [0.4, 0.5) is 38.4 Å². The SMILES string of the molecule is NC(=O)Nc1ccc(-c2nc(N)n(-c3ccc(OC(F)(F)C(F)(F)F)cc3)n2)cc1. The van der Waals surface area contributed by atoms with Crippen LogP contribution < -0.4 is 21.5 Å². The highest BCUT2D eigenvalue weighted by molar-refractivity contribution is 5.88. The van der Waals surface area contributed by atoms with Crippen LogP contribution in [0, 0.1) is 0 Å². The van der Waals surface area contributed by atoms with E-state index in [0.29, 0.717) is 11.3 Å². The largest absolute Gasteiger partial charge is 0.499 e. The fourth-order valence-electron chi connectivity index (χ4n) is 2.34. The van der Waals surface area contributed by atoms with E-state index < -0.39 is 24.1 Å². The topological polar surface area (TPSA) is 121 Å². The minimum atomic E-state index is -5.85. The van der Waals surface area contributed by atoms with Crippen LogP contribution in [0.2, 0.25) is 0 Å². The molecule has 8 nitrogen and oxygen atoms in total. The quantitative estimate of drug-likeness (QED) is 0.537. The van der Waals surface area contributed by atoms with Crippen molar-refractivity contribution < 1.29 is 31.5 Å². The molecule has 158 valence electrons. The van der Waals surface area contributed by atoms with E-state index in [1.165, 1.54) is 12.1 Å². The van der Waals surface area contributed by atoms with Crippen LogP contribution in [0.5, 0.6) is 5.75 Å². The zero-order chi connectivity index (χ0) is 22.1. The molecule has 0 aliphatic rings. The number of nitrogens with one attached hydrogen (secondary N) is 1. The number of amides is 2. The molecule has 3 rings (SSSR count). The van der Waals surface area contributed by atoms with E-state index in [1.54, 1.807) is 24.3 Å². The lowest BCUT2D eigenvalue weighted by Gasteiger charge is -2.20. The van der Waals surface area contributed by atoms with Gasteiger partial charge in [-0.2, -0.15) is 31.6 Å². The molecule has 0 aliphatic carbocycles. The van der Waals surface area contributed by atoms with Gasteiger partial charge in [-0.15, -0.1) is 5.10 Å². The normalized spacial score (nSPS) is 11.9. The second-order valence-corrected chi connectivity index (χ2v) is 5.88. The second-order valence-electron chi connectivity index (χ2n) is 5.88. The standard InChI is InChI=1S/C17H13F5N6O2/c18-16(19,20)17(21,22)30-12-7-5-11(6-8-12)28-14(23)26-13(27-28)9-1-3-10(4-2-9)25-15(24)29/h1-8H,(H2,23,26,27)(H3,24,25,29). The van der Waals surface area contributed by atoms with Gasteiger partial charge in [-0.25, -0.2) is 4.79 Å². The first-order valence-corrected chi connectivity index (χ1v) is 8.10. The molecular weight excluding hydrogens is 415 g/mol. The Balaban J connectivity index is 1.81. The van der Waals surface area contributed by atoms with Gasteiger partial charge in [-0.3, -0.25) is 0 Å². The van der Waals surface area contributed by atoms with Gasteiger partial charge in [0.1, 0.15) is 5.75 Å². The molecule has 0 radical (unpaired) electrons. The summed E-state index contributed by atoms with van der Waals surface area (Å²) >= 11 is 0. The number of rotatable bonds is 5. The van der Waals surface area contributed by atoms with Crippen LogP contribution >= 0.6 is 0 Å². The van der Waals surface area contributed by atoms with E-state index in [-0.39, 0.29) is 17.5 Å². The number of hydrogen-bond acceptors (Lipinski definition) is 5. The number of aromatic nitrogens is 3. The zero-order valence-electron chi connectivity index (χ0n) is 14.8. The molecule has 0 saturated heterocycles. The summed E-state index contributed by atoms with van der Waals surface area (Å²) in [4.78, 5) is 14.9. The van der Waals surface area contributed by atoms with Crippen LogP contribution in [0.25, 0.3) is 17.1 Å². The predicted molar refractivity (Wildman–Crippen MR) is 96.0 cm³/mol. The molecule has 5 N–H and O–H groups in total. The summed E-state index contributed by atoms with van der Waals surface area (Å²) in [6.45, 7) is 0. The van der Waals surface area contributed by atoms with Gasteiger partial charge in [0, 0.05) is 11.3 Å². The predicted octanol–water partition coefficient (Wildman–Crippen LogP) is 3.54. The smallest absolute Gasteiger partial charge is 0.426 e. The number of carbonyl (C=O) groups excluding carboxylic acids is 1. The van der Waals surface area contributed by atoms with E-state index >= 15 is 0 Å². The maximum absolute atomic E-state index is 13.0. The van der Waals surface area contributed by atoms with Gasteiger partial charge >= 0.3 is 18.3 Å². The second kappa shape index (κ2) is 7.50. The van der Waals surface area contributed by atoms with Gasteiger partial charge in [-0.05, 0) is 48.5 Å². The number of primary amides is 1. The Bertz CT molecular complexity index is 1050. The average molecular weight is 428 g/mol. The third-order valence-corrected chi connectivity index (χ3v) is 3.70. The number of hydrogen-bond donors (Lipinski definition) is 3. The van der Waals surface area contributed by atoms with E-state index in [4.69, 9.17) is 11.5 Å². The molecule has 0 spiro atoms. The molecule has 3 aromatic rings. The lowest BCUT2D eigenvalue weighted by Crippen LogP contribution is -2.41. The number of nitrogens with two attached hydrogens (primary N) is 2. The molecule has 0 aliphatic heterocycles. The monoisotopic (exact) mass is 428 g/mol. The number of ether oxygens (including phenoxy) is 1. The van der Waals surface area contributed by atoms with Crippen molar-refractivity contribution in [1.29, 1.82) is 0 Å². The van der Waals surface area contributed by atoms with Crippen molar-refractivity contribution in [2.24, 2.45) is 5.73 Å². The molecule has 0 unspecified atom stereocenters. The number of carbonyl (C=O) groups is 1. The van der Waals surface area contributed by atoms with E-state index in [9.17, 15) is 26.7 Å². The lowest BCUT2D eigenvalue weighted by molar-refractivity contribution is -0.360. The first-order chi connectivity index (χ1) is 14.0. The van der Waals surface area contributed by atoms with Gasteiger partial charge in [0.2, 0.25) is 5.95 Å². The lowest BCUT2D eigenvalue weighted by atomic mass is 10.2. The van der Waals surface area contributed by atoms with E-state index in [2.05, 4.69) is 20.1 Å². The third kappa shape index (κ3) is 4.39. The van der Waals surface area contributed by atoms with Crippen molar-refractivity contribution in [2.45, 2.75) is 12.3 Å². The fraction of sp³-hybridized carbons (Fsp3) is 0.118. The highest BCUT2D eigenvalue weighted by Gasteiger charge is 2.61. The molecule has 0 fully saturated rings. The molecular formula is C17H13F5N6O2. The van der Waals surface area contributed by atoms with Gasteiger partial charge in [0.05, 0.1) is 5.69 Å². The minimum Gasteiger partial charge on any atom is -0.426 e. The Morgan fingerprint density at radius 3 is 2.13 bits per heavy atom. The number of halogens is 5. The zero-order valence-corrected chi connectivity index (χ0v) is 14.8. The van der Waals surface area contributed by atoms with Crippen LogP contribution in [0.15, 0.2) is 48.5 Å². The molecule has 1 heterocycles. The molecule has 13 heteroatoms. The van der Waals surface area contributed by atoms with Gasteiger partial charge in [0.25, 0.3) is 0 Å². The van der Waals surface area contributed by atoms with Crippen LogP contribution in [-0.2, 0) is 0 Å². The number of nitrogens with zero attached hydrogens (tertiary/aromatic N) is 3. The Kier molecular flexibility index (Phi) is 5.20. The van der Waals surface area contributed by atoms with Crippen LogP contribution in [0.3, 0.4) is 0 Å². The van der Waals surface area contributed by atoms with E-state index in [1.807, 2.05) is 0 Å². The van der Waals surface area contributed by atoms with Crippen molar-refractivity contribution in [3.63, 3.8) is 0 Å².